The molecule has 1 fully saturated rings. The lowest BCUT2D eigenvalue weighted by Gasteiger charge is -2.35. The molecule has 5 heterocycles. The van der Waals surface area contributed by atoms with Crippen molar-refractivity contribution in [1.82, 2.24) is 29.7 Å². The second-order valence-corrected chi connectivity index (χ2v) is 10.1. The number of likely N-dealkylation sites (N-methyl/N-ethyl adjacent to an activating group) is 2. The number of carbonyl (C=O) groups is 1. The molecule has 7 nitrogen and oxygen atoms in total. The molecule has 1 unspecified atom stereocenters. The Labute approximate surface area is 220 Å². The molecular formula is C30H29FN6O. The molecule has 192 valence electrons. The lowest BCUT2D eigenvalue weighted by Crippen LogP contribution is -2.45. The van der Waals surface area contributed by atoms with Crippen LogP contribution >= 0.6 is 0 Å². The first-order chi connectivity index (χ1) is 18.5. The summed E-state index contributed by atoms with van der Waals surface area (Å²) in [6, 6.07) is 13.3. The molecule has 1 amide bonds. The Morgan fingerprint density at radius 3 is 2.71 bits per heavy atom. The van der Waals surface area contributed by atoms with Crippen molar-refractivity contribution in [2.75, 3.05) is 27.2 Å². The summed E-state index contributed by atoms with van der Waals surface area (Å²) < 4.78 is 15.3. The first-order valence-electron chi connectivity index (χ1n) is 12.9. The minimum atomic E-state index is -0.422. The molecule has 5 aromatic rings. The van der Waals surface area contributed by atoms with E-state index in [-0.39, 0.29) is 5.91 Å². The lowest BCUT2D eigenvalue weighted by molar-refractivity contribution is 0.0717. The molecule has 0 radical (unpaired) electrons. The van der Waals surface area contributed by atoms with Crippen molar-refractivity contribution in [1.29, 1.82) is 0 Å². The van der Waals surface area contributed by atoms with Crippen LogP contribution in [0.15, 0.2) is 67.3 Å². The van der Waals surface area contributed by atoms with Crippen LogP contribution in [0.3, 0.4) is 0 Å². The van der Waals surface area contributed by atoms with Crippen molar-refractivity contribution < 1.29 is 9.18 Å². The van der Waals surface area contributed by atoms with Crippen molar-refractivity contribution in [2.45, 2.75) is 25.3 Å². The molecule has 6 rings (SSSR count). The fourth-order valence-corrected chi connectivity index (χ4v) is 5.46. The highest BCUT2D eigenvalue weighted by atomic mass is 19.1. The molecule has 1 aliphatic rings. The number of likely N-dealkylation sites (tertiary alicyclic amines) is 1. The second kappa shape index (κ2) is 9.95. The van der Waals surface area contributed by atoms with E-state index >= 15 is 4.39 Å². The monoisotopic (exact) mass is 508 g/mol. The number of aromatic amines is 1. The minimum Gasteiger partial charge on any atom is -0.340 e. The zero-order valence-corrected chi connectivity index (χ0v) is 21.5. The Hall–Kier alpha value is -4.17. The summed E-state index contributed by atoms with van der Waals surface area (Å²) >= 11 is 0. The number of nitrogens with zero attached hydrogens (tertiary/aromatic N) is 5. The fourth-order valence-electron chi connectivity index (χ4n) is 5.46. The van der Waals surface area contributed by atoms with Gasteiger partial charge in [0.05, 0.1) is 23.6 Å². The lowest BCUT2D eigenvalue weighted by atomic mass is 9.99. The quantitative estimate of drug-likeness (QED) is 0.338. The number of halogens is 1. The summed E-state index contributed by atoms with van der Waals surface area (Å²) in [6.45, 7) is 1.76. The van der Waals surface area contributed by atoms with Crippen molar-refractivity contribution in [3.8, 4) is 22.4 Å². The van der Waals surface area contributed by atoms with Crippen molar-refractivity contribution >= 4 is 27.8 Å². The Bertz CT molecular complexity index is 1620. The molecule has 0 aliphatic carbocycles. The molecular weight excluding hydrogens is 479 g/mol. The number of benzene rings is 1. The van der Waals surface area contributed by atoms with Gasteiger partial charge < -0.3 is 14.8 Å². The molecule has 1 aromatic carbocycles. The van der Waals surface area contributed by atoms with Crippen LogP contribution < -0.4 is 0 Å². The third-order valence-corrected chi connectivity index (χ3v) is 7.59. The van der Waals surface area contributed by atoms with Gasteiger partial charge in [-0.05, 0) is 62.3 Å². The number of amides is 1. The van der Waals surface area contributed by atoms with Gasteiger partial charge in [0.15, 0.2) is 0 Å². The average molecular weight is 509 g/mol. The Balaban J connectivity index is 1.35. The summed E-state index contributed by atoms with van der Waals surface area (Å²) in [6.07, 6.45) is 9.95. The van der Waals surface area contributed by atoms with Crippen LogP contribution in [0.4, 0.5) is 4.39 Å². The molecule has 0 bridgehead atoms. The van der Waals surface area contributed by atoms with Crippen molar-refractivity contribution in [3.05, 3.63) is 78.6 Å². The molecule has 1 N–H and O–H groups in total. The van der Waals surface area contributed by atoms with Crippen LogP contribution in [0.1, 0.15) is 29.6 Å². The third-order valence-electron chi connectivity index (χ3n) is 7.59. The molecule has 1 aliphatic heterocycles. The summed E-state index contributed by atoms with van der Waals surface area (Å²) in [5.74, 6) is -0.454. The molecule has 1 saturated heterocycles. The van der Waals surface area contributed by atoms with E-state index in [9.17, 15) is 4.79 Å². The summed E-state index contributed by atoms with van der Waals surface area (Å²) in [4.78, 5) is 33.6. The average Bonchev–Trinajstić information content (AvgIpc) is 3.32. The third kappa shape index (κ3) is 4.41. The molecule has 38 heavy (non-hydrogen) atoms. The minimum absolute atomic E-state index is 0.0323. The first kappa shape index (κ1) is 24.2. The van der Waals surface area contributed by atoms with Crippen LogP contribution in [0.25, 0.3) is 44.3 Å². The van der Waals surface area contributed by atoms with Gasteiger partial charge in [-0.1, -0.05) is 18.6 Å². The summed E-state index contributed by atoms with van der Waals surface area (Å²) in [5.41, 5.74) is 4.69. The van der Waals surface area contributed by atoms with Gasteiger partial charge >= 0.3 is 0 Å². The van der Waals surface area contributed by atoms with Gasteiger partial charge in [-0.25, -0.2) is 9.37 Å². The highest BCUT2D eigenvalue weighted by molar-refractivity contribution is 6.13. The molecule has 4 aromatic heterocycles. The zero-order valence-electron chi connectivity index (χ0n) is 21.5. The maximum Gasteiger partial charge on any atom is 0.253 e. The smallest absolute Gasteiger partial charge is 0.253 e. The number of hydrogen-bond donors (Lipinski definition) is 1. The molecule has 0 saturated carbocycles. The van der Waals surface area contributed by atoms with Gasteiger partial charge in [-0.15, -0.1) is 0 Å². The van der Waals surface area contributed by atoms with Gasteiger partial charge in [0, 0.05) is 59.5 Å². The standard InChI is InChI=1S/C30H29FN6O/c1-36-13-4-3-7-22(36)18-37(2)30(38)20-10-8-19(9-11-20)27-24(31)16-34-29-28(27)23-14-25(33-17-26(23)35-29)21-6-5-12-32-15-21/h5-6,8-12,14-17,22H,3-4,7,13,18H2,1-2H3,(H,34,35). The van der Waals surface area contributed by atoms with Crippen molar-refractivity contribution in [2.24, 2.45) is 0 Å². The van der Waals surface area contributed by atoms with E-state index in [1.54, 1.807) is 35.6 Å². The zero-order chi connectivity index (χ0) is 26.2. The summed E-state index contributed by atoms with van der Waals surface area (Å²) in [5, 5.41) is 1.51. The van der Waals surface area contributed by atoms with E-state index in [4.69, 9.17) is 0 Å². The second-order valence-electron chi connectivity index (χ2n) is 10.1. The van der Waals surface area contributed by atoms with E-state index in [1.165, 1.54) is 19.0 Å². The Kier molecular flexibility index (Phi) is 6.33. The van der Waals surface area contributed by atoms with Crippen LogP contribution in [0.2, 0.25) is 0 Å². The summed E-state index contributed by atoms with van der Waals surface area (Å²) in [7, 11) is 3.98. The van der Waals surface area contributed by atoms with Gasteiger partial charge in [0.25, 0.3) is 5.91 Å². The highest BCUT2D eigenvalue weighted by Gasteiger charge is 2.23. The van der Waals surface area contributed by atoms with Crippen LogP contribution in [-0.2, 0) is 0 Å². The predicted octanol–water partition coefficient (Wildman–Crippen LogP) is 5.54. The van der Waals surface area contributed by atoms with Crippen LogP contribution in [0.5, 0.6) is 0 Å². The van der Waals surface area contributed by atoms with Crippen molar-refractivity contribution in [3.63, 3.8) is 0 Å². The number of H-pyrrole nitrogens is 1. The van der Waals surface area contributed by atoms with E-state index in [0.29, 0.717) is 40.3 Å². The number of aromatic nitrogens is 4. The van der Waals surface area contributed by atoms with E-state index in [1.807, 2.05) is 37.4 Å². The number of rotatable bonds is 5. The predicted molar refractivity (Wildman–Crippen MR) is 147 cm³/mol. The number of piperidine rings is 1. The largest absolute Gasteiger partial charge is 0.340 e. The van der Waals surface area contributed by atoms with E-state index in [2.05, 4.69) is 31.9 Å². The number of fused-ring (bicyclic) bond motifs is 3. The SMILES string of the molecule is CN(CC1CCCCN1C)C(=O)c1ccc(-c2c(F)cnc3[nH]c4cnc(-c5cccnc5)cc4c23)cc1. The fraction of sp³-hybridized carbons (Fsp3) is 0.267. The maximum absolute atomic E-state index is 15.3. The number of hydrogen-bond acceptors (Lipinski definition) is 5. The number of nitrogens with one attached hydrogen (secondary N) is 1. The first-order valence-corrected chi connectivity index (χ1v) is 12.9. The molecule has 8 heteroatoms. The van der Waals surface area contributed by atoms with E-state index < -0.39 is 5.82 Å². The number of carbonyl (C=O) groups excluding carboxylic acids is 1. The van der Waals surface area contributed by atoms with Crippen LogP contribution in [0, 0.1) is 5.82 Å². The van der Waals surface area contributed by atoms with Gasteiger partial charge in [0.1, 0.15) is 11.5 Å². The molecule has 1 atom stereocenters. The molecule has 0 spiro atoms. The maximum atomic E-state index is 15.3. The van der Waals surface area contributed by atoms with Gasteiger partial charge in [-0.3, -0.25) is 14.8 Å². The topological polar surface area (TPSA) is 78.0 Å². The Morgan fingerprint density at radius 1 is 1.11 bits per heavy atom. The highest BCUT2D eigenvalue weighted by Crippen LogP contribution is 2.36. The van der Waals surface area contributed by atoms with Crippen LogP contribution in [-0.4, -0.2) is 68.9 Å². The van der Waals surface area contributed by atoms with E-state index in [0.717, 1.165) is 35.1 Å². The number of pyridine rings is 3. The van der Waals surface area contributed by atoms with Gasteiger partial charge in [-0.2, -0.15) is 0 Å². The van der Waals surface area contributed by atoms with Gasteiger partial charge in [0.2, 0.25) is 0 Å². The Morgan fingerprint density at radius 2 is 1.95 bits per heavy atom. The normalized spacial score (nSPS) is 16.2.